The predicted molar refractivity (Wildman–Crippen MR) is 69.6 cm³/mol. The maximum atomic E-state index is 5.86. The van der Waals surface area contributed by atoms with Crippen molar-refractivity contribution in [2.24, 2.45) is 0 Å². The standard InChI is InChI=1S/C15H13NO/c1-11-6-8-12(9-7-11)17-15-10-16-14-5-3-2-4-13(14)15/h2-10,16H,1H3. The van der Waals surface area contributed by atoms with Crippen molar-refractivity contribution < 1.29 is 4.74 Å². The van der Waals surface area contributed by atoms with E-state index in [1.54, 1.807) is 0 Å². The molecular formula is C15H13NO. The Morgan fingerprint density at radius 1 is 0.941 bits per heavy atom. The Morgan fingerprint density at radius 3 is 2.53 bits per heavy atom. The van der Waals surface area contributed by atoms with Gasteiger partial charge in [-0.3, -0.25) is 0 Å². The van der Waals surface area contributed by atoms with Crippen LogP contribution in [0.4, 0.5) is 0 Å². The number of ether oxygens (including phenoxy) is 1. The third kappa shape index (κ3) is 1.89. The van der Waals surface area contributed by atoms with Crippen LogP contribution in [0.3, 0.4) is 0 Å². The second-order valence-electron chi connectivity index (χ2n) is 4.11. The van der Waals surface area contributed by atoms with Gasteiger partial charge in [-0.25, -0.2) is 0 Å². The number of rotatable bonds is 2. The van der Waals surface area contributed by atoms with E-state index in [4.69, 9.17) is 4.74 Å². The molecule has 0 spiro atoms. The SMILES string of the molecule is Cc1ccc(Oc2c[nH]c3ccccc23)cc1. The molecule has 0 fully saturated rings. The van der Waals surface area contributed by atoms with Gasteiger partial charge in [0.2, 0.25) is 0 Å². The van der Waals surface area contributed by atoms with Gasteiger partial charge >= 0.3 is 0 Å². The third-order valence-corrected chi connectivity index (χ3v) is 2.80. The number of hydrogen-bond donors (Lipinski definition) is 1. The summed E-state index contributed by atoms with van der Waals surface area (Å²) in [7, 11) is 0. The van der Waals surface area contributed by atoms with Crippen molar-refractivity contribution in [2.75, 3.05) is 0 Å². The number of fused-ring (bicyclic) bond motifs is 1. The smallest absolute Gasteiger partial charge is 0.152 e. The minimum absolute atomic E-state index is 0.861. The van der Waals surface area contributed by atoms with Gasteiger partial charge in [-0.15, -0.1) is 0 Å². The van der Waals surface area contributed by atoms with Crippen molar-refractivity contribution in [1.82, 2.24) is 4.98 Å². The van der Waals surface area contributed by atoms with Gasteiger partial charge in [-0.2, -0.15) is 0 Å². The van der Waals surface area contributed by atoms with Gasteiger partial charge in [0.15, 0.2) is 5.75 Å². The van der Waals surface area contributed by atoms with Crippen LogP contribution in [0.25, 0.3) is 10.9 Å². The van der Waals surface area contributed by atoms with Crippen LogP contribution in [-0.4, -0.2) is 4.98 Å². The van der Waals surface area contributed by atoms with E-state index in [1.165, 1.54) is 5.56 Å². The molecule has 0 amide bonds. The highest BCUT2D eigenvalue weighted by atomic mass is 16.5. The van der Waals surface area contributed by atoms with Crippen LogP contribution in [-0.2, 0) is 0 Å². The van der Waals surface area contributed by atoms with Gasteiger partial charge in [0.25, 0.3) is 0 Å². The first-order valence-corrected chi connectivity index (χ1v) is 5.63. The minimum Gasteiger partial charge on any atom is -0.455 e. The molecule has 2 nitrogen and oxygen atoms in total. The molecule has 0 aliphatic carbocycles. The lowest BCUT2D eigenvalue weighted by atomic mass is 10.2. The fourth-order valence-corrected chi connectivity index (χ4v) is 1.86. The zero-order chi connectivity index (χ0) is 11.7. The second kappa shape index (κ2) is 3.98. The molecular weight excluding hydrogens is 210 g/mol. The highest BCUT2D eigenvalue weighted by Gasteiger charge is 2.04. The van der Waals surface area contributed by atoms with E-state index in [1.807, 2.05) is 48.7 Å². The highest BCUT2D eigenvalue weighted by Crippen LogP contribution is 2.29. The molecule has 2 aromatic carbocycles. The molecule has 0 saturated carbocycles. The topological polar surface area (TPSA) is 25.0 Å². The summed E-state index contributed by atoms with van der Waals surface area (Å²) in [6, 6.07) is 16.2. The van der Waals surface area contributed by atoms with Crippen molar-refractivity contribution in [1.29, 1.82) is 0 Å². The summed E-state index contributed by atoms with van der Waals surface area (Å²) >= 11 is 0. The summed E-state index contributed by atoms with van der Waals surface area (Å²) in [4.78, 5) is 3.19. The van der Waals surface area contributed by atoms with Gasteiger partial charge < -0.3 is 9.72 Å². The van der Waals surface area contributed by atoms with E-state index in [0.29, 0.717) is 0 Å². The number of para-hydroxylation sites is 1. The fraction of sp³-hybridized carbons (Fsp3) is 0.0667. The van der Waals surface area contributed by atoms with Crippen molar-refractivity contribution in [3.63, 3.8) is 0 Å². The van der Waals surface area contributed by atoms with Crippen molar-refractivity contribution in [2.45, 2.75) is 6.92 Å². The summed E-state index contributed by atoms with van der Waals surface area (Å²) in [5.41, 5.74) is 2.32. The van der Waals surface area contributed by atoms with Gasteiger partial charge in [-0.05, 0) is 31.2 Å². The van der Waals surface area contributed by atoms with Crippen molar-refractivity contribution in [3.05, 3.63) is 60.3 Å². The van der Waals surface area contributed by atoms with Crippen LogP contribution in [0.5, 0.6) is 11.5 Å². The first kappa shape index (κ1) is 9.97. The summed E-state index contributed by atoms with van der Waals surface area (Å²) in [5, 5.41) is 1.10. The molecule has 84 valence electrons. The van der Waals surface area contributed by atoms with Crippen LogP contribution in [0.2, 0.25) is 0 Å². The summed E-state index contributed by atoms with van der Waals surface area (Å²) in [6.45, 7) is 2.06. The van der Waals surface area contributed by atoms with E-state index in [-0.39, 0.29) is 0 Å². The first-order chi connectivity index (χ1) is 8.33. The van der Waals surface area contributed by atoms with E-state index in [9.17, 15) is 0 Å². The summed E-state index contributed by atoms with van der Waals surface area (Å²) in [6.07, 6.45) is 1.89. The van der Waals surface area contributed by atoms with Crippen LogP contribution in [0.15, 0.2) is 54.7 Å². The number of benzene rings is 2. The Labute approximate surface area is 99.9 Å². The molecule has 0 aliphatic heterocycles. The zero-order valence-corrected chi connectivity index (χ0v) is 9.60. The fourth-order valence-electron chi connectivity index (χ4n) is 1.86. The van der Waals surface area contributed by atoms with Crippen LogP contribution in [0, 0.1) is 6.92 Å². The molecule has 3 rings (SSSR count). The van der Waals surface area contributed by atoms with Crippen LogP contribution in [0.1, 0.15) is 5.56 Å². The molecule has 0 bridgehead atoms. The van der Waals surface area contributed by atoms with Gasteiger partial charge in [0.05, 0.1) is 0 Å². The predicted octanol–water partition coefficient (Wildman–Crippen LogP) is 4.27. The first-order valence-electron chi connectivity index (χ1n) is 5.63. The van der Waals surface area contributed by atoms with Crippen LogP contribution < -0.4 is 4.74 Å². The molecule has 0 radical (unpaired) electrons. The van der Waals surface area contributed by atoms with Crippen molar-refractivity contribution in [3.8, 4) is 11.5 Å². The van der Waals surface area contributed by atoms with Crippen molar-refractivity contribution >= 4 is 10.9 Å². The average Bonchev–Trinajstić information content (AvgIpc) is 2.76. The Balaban J connectivity index is 1.97. The number of H-pyrrole nitrogens is 1. The highest BCUT2D eigenvalue weighted by molar-refractivity contribution is 5.86. The van der Waals surface area contributed by atoms with E-state index in [0.717, 1.165) is 22.4 Å². The molecule has 1 aromatic heterocycles. The Morgan fingerprint density at radius 2 is 1.71 bits per heavy atom. The maximum absolute atomic E-state index is 5.86. The van der Waals surface area contributed by atoms with E-state index in [2.05, 4.69) is 18.0 Å². The number of aryl methyl sites for hydroxylation is 1. The Kier molecular flexibility index (Phi) is 2.33. The molecule has 1 heterocycles. The zero-order valence-electron chi connectivity index (χ0n) is 9.60. The van der Waals surface area contributed by atoms with E-state index >= 15 is 0 Å². The quantitative estimate of drug-likeness (QED) is 0.689. The third-order valence-electron chi connectivity index (χ3n) is 2.80. The monoisotopic (exact) mass is 223 g/mol. The molecule has 0 aliphatic rings. The normalized spacial score (nSPS) is 10.6. The number of hydrogen-bond acceptors (Lipinski definition) is 1. The molecule has 3 aromatic rings. The number of aromatic amines is 1. The van der Waals surface area contributed by atoms with Gasteiger partial charge in [-0.1, -0.05) is 29.8 Å². The molecule has 0 atom stereocenters. The molecule has 0 saturated heterocycles. The lowest BCUT2D eigenvalue weighted by Crippen LogP contribution is -1.82. The lowest BCUT2D eigenvalue weighted by molar-refractivity contribution is 0.488. The molecule has 17 heavy (non-hydrogen) atoms. The number of aromatic nitrogens is 1. The number of nitrogens with one attached hydrogen (secondary N) is 1. The average molecular weight is 223 g/mol. The maximum Gasteiger partial charge on any atom is 0.152 e. The second-order valence-corrected chi connectivity index (χ2v) is 4.11. The largest absolute Gasteiger partial charge is 0.455 e. The Hall–Kier alpha value is -2.22. The Bertz CT molecular complexity index is 637. The summed E-state index contributed by atoms with van der Waals surface area (Å²) < 4.78 is 5.86. The lowest BCUT2D eigenvalue weighted by Gasteiger charge is -2.04. The van der Waals surface area contributed by atoms with Gasteiger partial charge in [0.1, 0.15) is 5.75 Å². The summed E-state index contributed by atoms with van der Waals surface area (Å²) in [5.74, 6) is 1.73. The van der Waals surface area contributed by atoms with Crippen LogP contribution >= 0.6 is 0 Å². The van der Waals surface area contributed by atoms with Gasteiger partial charge in [0, 0.05) is 17.1 Å². The molecule has 0 unspecified atom stereocenters. The molecule has 2 heteroatoms. The van der Waals surface area contributed by atoms with E-state index < -0.39 is 0 Å². The molecule has 1 N–H and O–H groups in total. The minimum atomic E-state index is 0.861.